The van der Waals surface area contributed by atoms with Gasteiger partial charge in [0.25, 0.3) is 0 Å². The molecule has 0 bridgehead atoms. The molecule has 1 saturated heterocycles. The molecule has 2 aliphatic rings. The average Bonchev–Trinajstić information content (AvgIpc) is 2.65. The maximum absolute atomic E-state index is 3.54. The standard InChI is InChI=1S/C15H22N2/c1-11(2)10-17-14-6-4-3-5-12(14)13-9-16-8-7-15(13)17/h3-6,11,13,15-16H,7-10H2,1-2H3/t13-,15-/m0/s1. The van der Waals surface area contributed by atoms with Crippen LogP contribution < -0.4 is 10.2 Å². The molecule has 2 nitrogen and oxygen atoms in total. The maximum atomic E-state index is 3.54. The van der Waals surface area contributed by atoms with Crippen LogP contribution in [0.15, 0.2) is 24.3 Å². The molecule has 2 aliphatic heterocycles. The summed E-state index contributed by atoms with van der Waals surface area (Å²) in [6.07, 6.45) is 1.28. The first-order valence-electron chi connectivity index (χ1n) is 6.83. The molecular weight excluding hydrogens is 208 g/mol. The Labute approximate surface area is 104 Å². The van der Waals surface area contributed by atoms with Crippen molar-refractivity contribution in [1.29, 1.82) is 0 Å². The molecule has 0 aliphatic carbocycles. The van der Waals surface area contributed by atoms with Gasteiger partial charge in [0.05, 0.1) is 0 Å². The van der Waals surface area contributed by atoms with Crippen LogP contribution in [0.5, 0.6) is 0 Å². The van der Waals surface area contributed by atoms with Crippen LogP contribution in [-0.4, -0.2) is 25.7 Å². The van der Waals surface area contributed by atoms with Gasteiger partial charge in [0.2, 0.25) is 0 Å². The van der Waals surface area contributed by atoms with E-state index >= 15 is 0 Å². The third kappa shape index (κ3) is 1.85. The number of hydrogen-bond acceptors (Lipinski definition) is 2. The zero-order chi connectivity index (χ0) is 11.8. The van der Waals surface area contributed by atoms with Crippen molar-refractivity contribution >= 4 is 5.69 Å². The van der Waals surface area contributed by atoms with Gasteiger partial charge in [-0.1, -0.05) is 32.0 Å². The van der Waals surface area contributed by atoms with Crippen LogP contribution >= 0.6 is 0 Å². The second kappa shape index (κ2) is 4.34. The van der Waals surface area contributed by atoms with Crippen molar-refractivity contribution in [2.75, 3.05) is 24.5 Å². The zero-order valence-electron chi connectivity index (χ0n) is 10.8. The molecule has 2 atom stereocenters. The number of benzene rings is 1. The van der Waals surface area contributed by atoms with Gasteiger partial charge in [0, 0.05) is 30.7 Å². The van der Waals surface area contributed by atoms with Gasteiger partial charge in [-0.05, 0) is 30.5 Å². The first-order chi connectivity index (χ1) is 8.27. The Kier molecular flexibility index (Phi) is 2.83. The van der Waals surface area contributed by atoms with Crippen molar-refractivity contribution in [2.24, 2.45) is 5.92 Å². The smallest absolute Gasteiger partial charge is 0.0405 e. The van der Waals surface area contributed by atoms with E-state index in [2.05, 4.69) is 48.3 Å². The first kappa shape index (κ1) is 11.1. The molecular formula is C15H22N2. The lowest BCUT2D eigenvalue weighted by molar-refractivity contribution is 0.393. The molecule has 0 spiro atoms. The van der Waals surface area contributed by atoms with E-state index in [0.717, 1.165) is 18.5 Å². The molecule has 17 heavy (non-hydrogen) atoms. The van der Waals surface area contributed by atoms with E-state index in [9.17, 15) is 0 Å². The van der Waals surface area contributed by atoms with Crippen LogP contribution in [-0.2, 0) is 0 Å². The van der Waals surface area contributed by atoms with Crippen molar-refractivity contribution in [1.82, 2.24) is 5.32 Å². The molecule has 0 aromatic heterocycles. The van der Waals surface area contributed by atoms with Gasteiger partial charge in [0.15, 0.2) is 0 Å². The molecule has 1 aromatic rings. The molecule has 1 N–H and O–H groups in total. The van der Waals surface area contributed by atoms with E-state index in [4.69, 9.17) is 0 Å². The fourth-order valence-electron chi connectivity index (χ4n) is 3.40. The lowest BCUT2D eigenvalue weighted by atomic mass is 9.90. The number of nitrogens with zero attached hydrogens (tertiary/aromatic N) is 1. The lowest BCUT2D eigenvalue weighted by Crippen LogP contribution is -2.45. The highest BCUT2D eigenvalue weighted by molar-refractivity contribution is 5.62. The van der Waals surface area contributed by atoms with E-state index in [0.29, 0.717) is 5.92 Å². The SMILES string of the molecule is CC(C)CN1c2ccccc2[C@@H]2CNCC[C@@H]21. The Morgan fingerprint density at radius 2 is 2.18 bits per heavy atom. The molecule has 2 heteroatoms. The number of fused-ring (bicyclic) bond motifs is 3. The van der Waals surface area contributed by atoms with Crippen LogP contribution in [0, 0.1) is 5.92 Å². The second-order valence-electron chi connectivity index (χ2n) is 5.77. The third-order valence-electron chi connectivity index (χ3n) is 4.05. The van der Waals surface area contributed by atoms with E-state index in [1.807, 2.05) is 0 Å². The third-order valence-corrected chi connectivity index (χ3v) is 4.05. The predicted octanol–water partition coefficient (Wildman–Crippen LogP) is 2.61. The summed E-state index contributed by atoms with van der Waals surface area (Å²) in [4.78, 5) is 2.66. The van der Waals surface area contributed by atoms with Gasteiger partial charge in [0.1, 0.15) is 0 Å². The monoisotopic (exact) mass is 230 g/mol. The number of para-hydroxylation sites is 1. The summed E-state index contributed by atoms with van der Waals surface area (Å²) in [5.74, 6) is 1.44. The van der Waals surface area contributed by atoms with Gasteiger partial charge < -0.3 is 10.2 Å². The number of rotatable bonds is 2. The predicted molar refractivity (Wildman–Crippen MR) is 72.6 cm³/mol. The Morgan fingerprint density at radius 3 is 3.00 bits per heavy atom. The quantitative estimate of drug-likeness (QED) is 0.840. The van der Waals surface area contributed by atoms with Gasteiger partial charge in [-0.15, -0.1) is 0 Å². The van der Waals surface area contributed by atoms with Crippen LogP contribution in [0.1, 0.15) is 31.7 Å². The molecule has 3 rings (SSSR count). The highest BCUT2D eigenvalue weighted by Gasteiger charge is 2.39. The number of nitrogens with one attached hydrogen (secondary N) is 1. The van der Waals surface area contributed by atoms with E-state index < -0.39 is 0 Å². The maximum Gasteiger partial charge on any atom is 0.0405 e. The largest absolute Gasteiger partial charge is 0.367 e. The Bertz CT molecular complexity index is 400. The normalized spacial score (nSPS) is 27.1. The van der Waals surface area contributed by atoms with Crippen LogP contribution in [0.25, 0.3) is 0 Å². The molecule has 1 fully saturated rings. The van der Waals surface area contributed by atoms with Crippen LogP contribution in [0.3, 0.4) is 0 Å². The molecule has 1 aromatic carbocycles. The minimum atomic E-state index is 0.707. The molecule has 92 valence electrons. The summed E-state index contributed by atoms with van der Waals surface area (Å²) in [5, 5.41) is 3.54. The van der Waals surface area contributed by atoms with Crippen LogP contribution in [0.2, 0.25) is 0 Å². The van der Waals surface area contributed by atoms with E-state index in [1.54, 1.807) is 5.56 Å². The molecule has 2 heterocycles. The summed E-state index contributed by atoms with van der Waals surface area (Å²) in [7, 11) is 0. The van der Waals surface area contributed by atoms with Crippen molar-refractivity contribution in [3.8, 4) is 0 Å². The fourth-order valence-corrected chi connectivity index (χ4v) is 3.40. The Morgan fingerprint density at radius 1 is 1.35 bits per heavy atom. The van der Waals surface area contributed by atoms with E-state index in [1.165, 1.54) is 25.2 Å². The average molecular weight is 230 g/mol. The highest BCUT2D eigenvalue weighted by Crippen LogP contribution is 2.43. The summed E-state index contributed by atoms with van der Waals surface area (Å²) in [6.45, 7) is 8.15. The van der Waals surface area contributed by atoms with Gasteiger partial charge in [-0.3, -0.25) is 0 Å². The lowest BCUT2D eigenvalue weighted by Gasteiger charge is -2.35. The minimum Gasteiger partial charge on any atom is -0.367 e. The number of hydrogen-bond donors (Lipinski definition) is 1. The zero-order valence-corrected chi connectivity index (χ0v) is 10.8. The van der Waals surface area contributed by atoms with Crippen molar-refractivity contribution in [3.05, 3.63) is 29.8 Å². The van der Waals surface area contributed by atoms with E-state index in [-0.39, 0.29) is 0 Å². The Balaban J connectivity index is 1.97. The molecule has 0 saturated carbocycles. The number of piperidine rings is 1. The van der Waals surface area contributed by atoms with Gasteiger partial charge >= 0.3 is 0 Å². The molecule has 0 unspecified atom stereocenters. The topological polar surface area (TPSA) is 15.3 Å². The minimum absolute atomic E-state index is 0.707. The first-order valence-corrected chi connectivity index (χ1v) is 6.83. The molecule has 0 amide bonds. The van der Waals surface area contributed by atoms with Gasteiger partial charge in [-0.25, -0.2) is 0 Å². The number of anilines is 1. The molecule has 0 radical (unpaired) electrons. The fraction of sp³-hybridized carbons (Fsp3) is 0.600. The summed E-state index contributed by atoms with van der Waals surface area (Å²) in [5.41, 5.74) is 3.05. The van der Waals surface area contributed by atoms with Crippen molar-refractivity contribution in [2.45, 2.75) is 32.2 Å². The van der Waals surface area contributed by atoms with Crippen LogP contribution in [0.4, 0.5) is 5.69 Å². The second-order valence-corrected chi connectivity index (χ2v) is 5.77. The van der Waals surface area contributed by atoms with Crippen molar-refractivity contribution < 1.29 is 0 Å². The Hall–Kier alpha value is -1.02. The summed E-state index contributed by atoms with van der Waals surface area (Å²) in [6, 6.07) is 9.72. The van der Waals surface area contributed by atoms with Crippen molar-refractivity contribution in [3.63, 3.8) is 0 Å². The van der Waals surface area contributed by atoms with Gasteiger partial charge in [-0.2, -0.15) is 0 Å². The summed E-state index contributed by atoms with van der Waals surface area (Å²) < 4.78 is 0. The highest BCUT2D eigenvalue weighted by atomic mass is 15.2. The summed E-state index contributed by atoms with van der Waals surface area (Å²) >= 11 is 0.